The van der Waals surface area contributed by atoms with Gasteiger partial charge in [-0.1, -0.05) is 30.3 Å². The number of nitrogen functional groups attached to an aromatic ring is 1. The summed E-state index contributed by atoms with van der Waals surface area (Å²) < 4.78 is 15.2. The average molecular weight is 393 g/mol. The number of nitrogens with two attached hydrogens (primary N) is 1. The zero-order valence-electron chi connectivity index (χ0n) is 16.1. The van der Waals surface area contributed by atoms with Crippen LogP contribution in [0.1, 0.15) is 11.3 Å². The van der Waals surface area contributed by atoms with Crippen LogP contribution in [0.4, 0.5) is 4.39 Å². The summed E-state index contributed by atoms with van der Waals surface area (Å²) in [4.78, 5) is 17.0. The quantitative estimate of drug-likeness (QED) is 0.516. The first-order chi connectivity index (χ1) is 14.0. The van der Waals surface area contributed by atoms with Crippen molar-refractivity contribution in [1.29, 1.82) is 5.41 Å². The zero-order valence-corrected chi connectivity index (χ0v) is 16.1. The molecule has 0 spiro atoms. The minimum Gasteiger partial charge on any atom is -0.382 e. The van der Waals surface area contributed by atoms with Gasteiger partial charge in [0, 0.05) is 43.6 Å². The van der Waals surface area contributed by atoms with Gasteiger partial charge < -0.3 is 15.2 Å². The molecule has 0 unspecified atom stereocenters. The Bertz CT molecular complexity index is 1050. The standard InChI is InChI=1S/C22H24FN5O/c23-18-6-3-4-16(12-18)14-26-8-10-27(11-9-26)21(29)15-28-19-7-2-1-5-17(19)13-20(28)22(24)25/h1-7,12-13H,8-11,14-15H2,(H3,24,25). The molecule has 0 radical (unpaired) electrons. The molecule has 2 heterocycles. The number of fused-ring (bicyclic) bond motifs is 1. The molecule has 0 saturated carbocycles. The van der Waals surface area contributed by atoms with Crippen LogP contribution in [0.25, 0.3) is 10.9 Å². The highest BCUT2D eigenvalue weighted by Gasteiger charge is 2.23. The first kappa shape index (κ1) is 19.1. The van der Waals surface area contributed by atoms with E-state index in [1.807, 2.05) is 45.9 Å². The largest absolute Gasteiger partial charge is 0.382 e. The molecule has 1 aliphatic heterocycles. The van der Waals surface area contributed by atoms with Gasteiger partial charge in [-0.05, 0) is 29.8 Å². The molecule has 1 aliphatic rings. The molecule has 29 heavy (non-hydrogen) atoms. The fourth-order valence-electron chi connectivity index (χ4n) is 3.89. The zero-order chi connectivity index (χ0) is 20.4. The number of amidine groups is 1. The van der Waals surface area contributed by atoms with Crippen LogP contribution >= 0.6 is 0 Å². The Morgan fingerprint density at radius 1 is 1.03 bits per heavy atom. The molecule has 0 bridgehead atoms. The smallest absolute Gasteiger partial charge is 0.242 e. The van der Waals surface area contributed by atoms with E-state index in [2.05, 4.69) is 4.90 Å². The van der Waals surface area contributed by atoms with E-state index in [0.29, 0.717) is 25.3 Å². The van der Waals surface area contributed by atoms with Crippen LogP contribution in [0.5, 0.6) is 0 Å². The molecule has 1 saturated heterocycles. The van der Waals surface area contributed by atoms with E-state index < -0.39 is 0 Å². The molecule has 0 aliphatic carbocycles. The molecule has 1 amide bonds. The maximum atomic E-state index is 13.4. The van der Waals surface area contributed by atoms with E-state index in [0.717, 1.165) is 29.6 Å². The number of hydrogen-bond donors (Lipinski definition) is 2. The minimum absolute atomic E-state index is 0.0132. The third-order valence-corrected chi connectivity index (χ3v) is 5.40. The Morgan fingerprint density at radius 3 is 2.52 bits per heavy atom. The number of rotatable bonds is 5. The summed E-state index contributed by atoms with van der Waals surface area (Å²) in [6.45, 7) is 3.58. The van der Waals surface area contributed by atoms with Crippen LogP contribution in [0.15, 0.2) is 54.6 Å². The number of piperazine rings is 1. The van der Waals surface area contributed by atoms with Crippen molar-refractivity contribution in [1.82, 2.24) is 14.4 Å². The molecule has 4 rings (SSSR count). The monoisotopic (exact) mass is 393 g/mol. The Hall–Kier alpha value is -3.19. The Morgan fingerprint density at radius 2 is 1.79 bits per heavy atom. The van der Waals surface area contributed by atoms with E-state index in [1.54, 1.807) is 12.1 Å². The highest BCUT2D eigenvalue weighted by Crippen LogP contribution is 2.20. The van der Waals surface area contributed by atoms with Crippen molar-refractivity contribution < 1.29 is 9.18 Å². The van der Waals surface area contributed by atoms with Gasteiger partial charge in [0.05, 0.1) is 5.69 Å². The third kappa shape index (κ3) is 4.14. The van der Waals surface area contributed by atoms with E-state index in [4.69, 9.17) is 11.1 Å². The fraction of sp³-hybridized carbons (Fsp3) is 0.273. The van der Waals surface area contributed by atoms with Crippen molar-refractivity contribution >= 4 is 22.6 Å². The second kappa shape index (κ2) is 8.05. The van der Waals surface area contributed by atoms with Crippen molar-refractivity contribution in [2.24, 2.45) is 5.73 Å². The van der Waals surface area contributed by atoms with Crippen LogP contribution in [-0.2, 0) is 17.9 Å². The molecule has 2 aromatic carbocycles. The van der Waals surface area contributed by atoms with Crippen molar-refractivity contribution in [2.75, 3.05) is 26.2 Å². The van der Waals surface area contributed by atoms with Crippen LogP contribution in [0.2, 0.25) is 0 Å². The van der Waals surface area contributed by atoms with Crippen molar-refractivity contribution in [3.05, 3.63) is 71.7 Å². The first-order valence-corrected chi connectivity index (χ1v) is 9.68. The van der Waals surface area contributed by atoms with Crippen molar-refractivity contribution in [3.63, 3.8) is 0 Å². The van der Waals surface area contributed by atoms with Gasteiger partial charge in [-0.25, -0.2) is 4.39 Å². The van der Waals surface area contributed by atoms with Crippen molar-refractivity contribution in [2.45, 2.75) is 13.1 Å². The number of carbonyl (C=O) groups excluding carboxylic acids is 1. The van der Waals surface area contributed by atoms with Crippen LogP contribution in [0, 0.1) is 11.2 Å². The summed E-state index contributed by atoms with van der Waals surface area (Å²) in [7, 11) is 0. The normalized spacial score (nSPS) is 15.0. The molecular weight excluding hydrogens is 369 g/mol. The predicted octanol–water partition coefficient (Wildman–Crippen LogP) is 2.41. The van der Waals surface area contributed by atoms with Gasteiger partial charge >= 0.3 is 0 Å². The third-order valence-electron chi connectivity index (χ3n) is 5.40. The van der Waals surface area contributed by atoms with Gasteiger partial charge in [0.25, 0.3) is 0 Å². The summed E-state index contributed by atoms with van der Waals surface area (Å²) in [6.07, 6.45) is 0. The molecule has 7 heteroatoms. The SMILES string of the molecule is N=C(N)c1cc2ccccc2n1CC(=O)N1CCN(Cc2cccc(F)c2)CC1. The summed E-state index contributed by atoms with van der Waals surface area (Å²) in [5, 5.41) is 8.81. The average Bonchev–Trinajstić information content (AvgIpc) is 3.07. The maximum Gasteiger partial charge on any atom is 0.242 e. The van der Waals surface area contributed by atoms with Gasteiger partial charge in [-0.15, -0.1) is 0 Å². The van der Waals surface area contributed by atoms with Gasteiger partial charge in [0.2, 0.25) is 5.91 Å². The number of benzene rings is 2. The van der Waals surface area contributed by atoms with Gasteiger partial charge in [-0.3, -0.25) is 15.1 Å². The lowest BCUT2D eigenvalue weighted by molar-refractivity contribution is -0.133. The van der Waals surface area contributed by atoms with E-state index in [-0.39, 0.29) is 24.1 Å². The summed E-state index contributed by atoms with van der Waals surface area (Å²) in [5.74, 6) is -0.260. The lowest BCUT2D eigenvalue weighted by Crippen LogP contribution is -2.49. The summed E-state index contributed by atoms with van der Waals surface area (Å²) >= 11 is 0. The summed E-state index contributed by atoms with van der Waals surface area (Å²) in [6, 6.07) is 16.2. The number of amides is 1. The second-order valence-corrected chi connectivity index (χ2v) is 7.38. The molecule has 3 N–H and O–H groups in total. The summed E-state index contributed by atoms with van der Waals surface area (Å²) in [5.41, 5.74) is 8.14. The highest BCUT2D eigenvalue weighted by molar-refractivity contribution is 6.00. The lowest BCUT2D eigenvalue weighted by atomic mass is 10.2. The fourth-order valence-corrected chi connectivity index (χ4v) is 3.89. The van der Waals surface area contributed by atoms with Crippen molar-refractivity contribution in [3.8, 4) is 0 Å². The number of nitrogens with one attached hydrogen (secondary N) is 1. The molecule has 1 fully saturated rings. The van der Waals surface area contributed by atoms with E-state index in [9.17, 15) is 9.18 Å². The lowest BCUT2D eigenvalue weighted by Gasteiger charge is -2.35. The highest BCUT2D eigenvalue weighted by atomic mass is 19.1. The van der Waals surface area contributed by atoms with Gasteiger partial charge in [0.1, 0.15) is 18.2 Å². The molecule has 3 aromatic rings. The molecule has 0 atom stereocenters. The van der Waals surface area contributed by atoms with Crippen LogP contribution in [0.3, 0.4) is 0 Å². The van der Waals surface area contributed by atoms with Gasteiger partial charge in [0.15, 0.2) is 0 Å². The Labute approximate surface area is 168 Å². The first-order valence-electron chi connectivity index (χ1n) is 9.68. The molecule has 150 valence electrons. The number of carbonyl (C=O) groups is 1. The number of nitrogens with zero attached hydrogens (tertiary/aromatic N) is 3. The minimum atomic E-state index is -0.225. The number of aromatic nitrogens is 1. The van der Waals surface area contributed by atoms with Gasteiger partial charge in [-0.2, -0.15) is 0 Å². The number of para-hydroxylation sites is 1. The van der Waals surface area contributed by atoms with Crippen LogP contribution in [-0.4, -0.2) is 52.3 Å². The topological polar surface area (TPSA) is 78.3 Å². The number of halogens is 1. The molecule has 1 aromatic heterocycles. The Balaban J connectivity index is 1.41. The Kier molecular flexibility index (Phi) is 5.31. The van der Waals surface area contributed by atoms with E-state index >= 15 is 0 Å². The number of hydrogen-bond acceptors (Lipinski definition) is 3. The second-order valence-electron chi connectivity index (χ2n) is 7.38. The molecule has 6 nitrogen and oxygen atoms in total. The predicted molar refractivity (Wildman–Crippen MR) is 111 cm³/mol. The van der Waals surface area contributed by atoms with E-state index in [1.165, 1.54) is 6.07 Å². The van der Waals surface area contributed by atoms with Crippen LogP contribution < -0.4 is 5.73 Å². The maximum absolute atomic E-state index is 13.4. The molecular formula is C22H24FN5O.